The number of hydrogen-bond donors (Lipinski definition) is 0. The molecule has 0 radical (unpaired) electrons. The molecule has 0 aliphatic carbocycles. The van der Waals surface area contributed by atoms with Gasteiger partial charge in [0.2, 0.25) is 0 Å². The van der Waals surface area contributed by atoms with Crippen LogP contribution in [-0.4, -0.2) is 58.2 Å². The molecule has 144 valence electrons. The zero-order valence-electron chi connectivity index (χ0n) is 14.2. The van der Waals surface area contributed by atoms with E-state index in [1.165, 1.54) is 10.4 Å². The summed E-state index contributed by atoms with van der Waals surface area (Å²) in [6, 6.07) is 9.82. The number of anilines is 1. The van der Waals surface area contributed by atoms with Crippen LogP contribution in [0, 0.1) is 0 Å². The summed E-state index contributed by atoms with van der Waals surface area (Å²) in [6.07, 6.45) is -0.914. The fourth-order valence-electron chi connectivity index (χ4n) is 3.09. The third-order valence-corrected chi connectivity index (χ3v) is 7.90. The minimum absolute atomic E-state index is 0.0922. The maximum Gasteiger partial charge on any atom is 0.274 e. The van der Waals surface area contributed by atoms with Crippen molar-refractivity contribution in [3.05, 3.63) is 40.7 Å². The SMILES string of the molecule is O=C([C@H]1CN(S(=O)(=O)c2ccc(Cl)s2)c2ccccc2O1)N1CCOCC1. The van der Waals surface area contributed by atoms with E-state index < -0.39 is 16.1 Å². The average Bonchev–Trinajstić information content (AvgIpc) is 3.14. The van der Waals surface area contributed by atoms with E-state index in [1.807, 2.05) is 0 Å². The van der Waals surface area contributed by atoms with Crippen LogP contribution < -0.4 is 9.04 Å². The Hall–Kier alpha value is -1.81. The minimum atomic E-state index is -3.86. The lowest BCUT2D eigenvalue weighted by atomic mass is 10.2. The first kappa shape index (κ1) is 18.5. The summed E-state index contributed by atoms with van der Waals surface area (Å²) in [5.74, 6) is 0.124. The van der Waals surface area contributed by atoms with Crippen molar-refractivity contribution in [2.75, 3.05) is 37.2 Å². The summed E-state index contributed by atoms with van der Waals surface area (Å²) >= 11 is 6.91. The smallest absolute Gasteiger partial charge is 0.274 e. The molecule has 3 heterocycles. The molecule has 1 aromatic heterocycles. The van der Waals surface area contributed by atoms with Crippen molar-refractivity contribution >= 4 is 44.6 Å². The fourth-order valence-corrected chi connectivity index (χ4v) is 6.16. The molecule has 0 bridgehead atoms. The van der Waals surface area contributed by atoms with Crippen molar-refractivity contribution in [2.45, 2.75) is 10.3 Å². The van der Waals surface area contributed by atoms with Gasteiger partial charge in [0.15, 0.2) is 6.10 Å². The number of sulfonamides is 1. The number of rotatable bonds is 3. The Morgan fingerprint density at radius 1 is 1.15 bits per heavy atom. The van der Waals surface area contributed by atoms with Crippen molar-refractivity contribution in [2.24, 2.45) is 0 Å². The topological polar surface area (TPSA) is 76.2 Å². The molecule has 7 nitrogen and oxygen atoms in total. The average molecular weight is 429 g/mol. The van der Waals surface area contributed by atoms with Crippen LogP contribution in [0.2, 0.25) is 4.34 Å². The molecule has 1 amide bonds. The number of nitrogens with zero attached hydrogens (tertiary/aromatic N) is 2. The van der Waals surface area contributed by atoms with Gasteiger partial charge in [-0.1, -0.05) is 23.7 Å². The van der Waals surface area contributed by atoms with Crippen LogP contribution in [0.4, 0.5) is 5.69 Å². The molecule has 1 fully saturated rings. The summed E-state index contributed by atoms with van der Waals surface area (Å²) < 4.78 is 39.2. The maximum absolute atomic E-state index is 13.2. The Morgan fingerprint density at radius 2 is 1.89 bits per heavy atom. The first-order valence-corrected chi connectivity index (χ1v) is 11.0. The summed E-state index contributed by atoms with van der Waals surface area (Å²) in [6.45, 7) is 1.77. The molecule has 2 aromatic rings. The number of hydrogen-bond acceptors (Lipinski definition) is 6. The molecule has 1 atom stereocenters. The standard InChI is InChI=1S/C17H17ClN2O5S2/c18-15-5-6-16(26-15)27(22,23)20-11-14(17(21)19-7-9-24-10-8-19)25-13-4-2-1-3-12(13)20/h1-6,14H,7-11H2/t14-/m1/s1. The van der Waals surface area contributed by atoms with E-state index in [2.05, 4.69) is 0 Å². The van der Waals surface area contributed by atoms with Crippen molar-refractivity contribution in [3.8, 4) is 5.75 Å². The Balaban J connectivity index is 1.69. The maximum atomic E-state index is 13.2. The minimum Gasteiger partial charge on any atom is -0.476 e. The summed E-state index contributed by atoms with van der Waals surface area (Å²) in [5, 5.41) is 0. The van der Waals surface area contributed by atoms with Gasteiger partial charge in [-0.15, -0.1) is 11.3 Å². The lowest BCUT2D eigenvalue weighted by molar-refractivity contribution is -0.142. The molecule has 1 saturated heterocycles. The number of carbonyl (C=O) groups excluding carboxylic acids is 1. The quantitative estimate of drug-likeness (QED) is 0.749. The largest absolute Gasteiger partial charge is 0.476 e. The molecule has 27 heavy (non-hydrogen) atoms. The monoisotopic (exact) mass is 428 g/mol. The van der Waals surface area contributed by atoms with Crippen LogP contribution in [0.3, 0.4) is 0 Å². The zero-order valence-corrected chi connectivity index (χ0v) is 16.6. The number of morpholine rings is 1. The summed E-state index contributed by atoms with van der Waals surface area (Å²) in [7, 11) is -3.86. The van der Waals surface area contributed by atoms with E-state index in [1.54, 1.807) is 35.2 Å². The Bertz CT molecular complexity index is 956. The second-order valence-corrected chi connectivity index (χ2v) is 9.91. The van der Waals surface area contributed by atoms with E-state index in [-0.39, 0.29) is 16.7 Å². The number of benzene rings is 1. The van der Waals surface area contributed by atoms with Crippen LogP contribution in [0.15, 0.2) is 40.6 Å². The molecule has 0 spiro atoms. The van der Waals surface area contributed by atoms with E-state index in [0.717, 1.165) is 11.3 Å². The van der Waals surface area contributed by atoms with Crippen molar-refractivity contribution < 1.29 is 22.7 Å². The van der Waals surface area contributed by atoms with E-state index in [9.17, 15) is 13.2 Å². The third kappa shape index (κ3) is 3.52. The summed E-state index contributed by atoms with van der Waals surface area (Å²) in [5.41, 5.74) is 0.410. The van der Waals surface area contributed by atoms with Gasteiger partial charge in [0, 0.05) is 13.1 Å². The third-order valence-electron chi connectivity index (χ3n) is 4.43. The number of amides is 1. The molecular weight excluding hydrogens is 412 g/mol. The number of para-hydroxylation sites is 2. The first-order valence-electron chi connectivity index (χ1n) is 8.37. The molecule has 0 N–H and O–H groups in total. The highest BCUT2D eigenvalue weighted by Gasteiger charge is 2.39. The zero-order chi connectivity index (χ0) is 19.0. The van der Waals surface area contributed by atoms with Crippen molar-refractivity contribution in [3.63, 3.8) is 0 Å². The van der Waals surface area contributed by atoms with Crippen LogP contribution in [-0.2, 0) is 19.6 Å². The van der Waals surface area contributed by atoms with Gasteiger partial charge in [0.25, 0.3) is 15.9 Å². The first-order chi connectivity index (χ1) is 13.0. The Morgan fingerprint density at radius 3 is 2.59 bits per heavy atom. The molecule has 4 rings (SSSR count). The fraction of sp³-hybridized carbons (Fsp3) is 0.353. The van der Waals surface area contributed by atoms with Gasteiger partial charge in [-0.25, -0.2) is 8.42 Å². The van der Waals surface area contributed by atoms with E-state index >= 15 is 0 Å². The van der Waals surface area contributed by atoms with E-state index in [4.69, 9.17) is 21.1 Å². The molecule has 2 aliphatic rings. The van der Waals surface area contributed by atoms with Crippen molar-refractivity contribution in [1.29, 1.82) is 0 Å². The van der Waals surface area contributed by atoms with Gasteiger partial charge in [-0.3, -0.25) is 9.10 Å². The highest BCUT2D eigenvalue weighted by Crippen LogP contribution is 2.38. The molecule has 2 aliphatic heterocycles. The van der Waals surface area contributed by atoms with Gasteiger partial charge in [0.1, 0.15) is 9.96 Å². The molecule has 10 heteroatoms. The Labute approximate surface area is 166 Å². The van der Waals surface area contributed by atoms with Gasteiger partial charge in [-0.05, 0) is 24.3 Å². The molecular formula is C17H17ClN2O5S2. The number of fused-ring (bicyclic) bond motifs is 1. The van der Waals surface area contributed by atoms with Crippen LogP contribution in [0.1, 0.15) is 0 Å². The highest BCUT2D eigenvalue weighted by molar-refractivity contribution is 7.94. The van der Waals surface area contributed by atoms with Crippen molar-refractivity contribution in [1.82, 2.24) is 4.90 Å². The molecule has 0 saturated carbocycles. The number of halogens is 1. The summed E-state index contributed by atoms with van der Waals surface area (Å²) in [4.78, 5) is 14.5. The normalized spacial score (nSPS) is 20.1. The lowest BCUT2D eigenvalue weighted by Gasteiger charge is -2.37. The highest BCUT2D eigenvalue weighted by atomic mass is 35.5. The number of carbonyl (C=O) groups is 1. The van der Waals surface area contributed by atoms with Gasteiger partial charge in [0.05, 0.1) is 29.8 Å². The number of ether oxygens (including phenoxy) is 2. The van der Waals surface area contributed by atoms with Gasteiger partial charge < -0.3 is 14.4 Å². The predicted molar refractivity (Wildman–Crippen MR) is 102 cm³/mol. The lowest BCUT2D eigenvalue weighted by Crippen LogP contribution is -2.53. The van der Waals surface area contributed by atoms with Crippen LogP contribution >= 0.6 is 22.9 Å². The second kappa shape index (κ2) is 7.31. The predicted octanol–water partition coefficient (Wildman–Crippen LogP) is 2.22. The molecule has 1 aromatic carbocycles. The molecule has 0 unspecified atom stereocenters. The van der Waals surface area contributed by atoms with Crippen LogP contribution in [0.5, 0.6) is 5.75 Å². The number of thiophene rings is 1. The van der Waals surface area contributed by atoms with Gasteiger partial charge >= 0.3 is 0 Å². The Kier molecular flexibility index (Phi) is 5.02. The second-order valence-electron chi connectivity index (χ2n) is 6.11. The van der Waals surface area contributed by atoms with E-state index in [0.29, 0.717) is 42.1 Å². The van der Waals surface area contributed by atoms with Crippen LogP contribution in [0.25, 0.3) is 0 Å². The van der Waals surface area contributed by atoms with Gasteiger partial charge in [-0.2, -0.15) is 0 Å².